The molecule has 0 unspecified atom stereocenters. The minimum atomic E-state index is -3.69. The second-order valence-electron chi connectivity index (χ2n) is 5.71. The fourth-order valence-electron chi connectivity index (χ4n) is 2.62. The number of aromatic nitrogens is 2. The first-order chi connectivity index (χ1) is 11.4. The molecule has 1 aromatic heterocycles. The van der Waals surface area contributed by atoms with E-state index < -0.39 is 10.0 Å². The van der Waals surface area contributed by atoms with Crippen LogP contribution in [0.4, 0.5) is 0 Å². The van der Waals surface area contributed by atoms with Crippen LogP contribution in [-0.4, -0.2) is 41.9 Å². The smallest absolute Gasteiger partial charge is 0.238 e. The third kappa shape index (κ3) is 3.99. The molecule has 0 atom stereocenters. The summed E-state index contributed by atoms with van der Waals surface area (Å²) in [6.07, 6.45) is 3.71. The van der Waals surface area contributed by atoms with Crippen molar-refractivity contribution in [1.29, 1.82) is 0 Å². The zero-order valence-electron chi connectivity index (χ0n) is 13.1. The summed E-state index contributed by atoms with van der Waals surface area (Å²) in [5, 5.41) is 7.88. The number of rotatable bonds is 5. The summed E-state index contributed by atoms with van der Waals surface area (Å²) in [5.41, 5.74) is 0.810. The van der Waals surface area contributed by atoms with E-state index in [0.717, 1.165) is 24.5 Å². The van der Waals surface area contributed by atoms with Gasteiger partial charge in [0.1, 0.15) is 5.82 Å². The average Bonchev–Trinajstić information content (AvgIpc) is 3.00. The number of imidazole rings is 1. The highest BCUT2D eigenvalue weighted by Crippen LogP contribution is 2.10. The van der Waals surface area contributed by atoms with E-state index in [9.17, 15) is 13.2 Å². The number of nitrogens with two attached hydrogens (primary N) is 1. The van der Waals surface area contributed by atoms with Crippen LogP contribution in [0.15, 0.2) is 41.6 Å². The molecular formula is C15H19N5O3S. The molecule has 1 amide bonds. The van der Waals surface area contributed by atoms with Crippen molar-refractivity contribution in [2.24, 2.45) is 5.14 Å². The van der Waals surface area contributed by atoms with Crippen LogP contribution in [0.5, 0.6) is 0 Å². The molecule has 1 aromatic carbocycles. The van der Waals surface area contributed by atoms with Gasteiger partial charge in [0.25, 0.3) is 0 Å². The van der Waals surface area contributed by atoms with Crippen molar-refractivity contribution < 1.29 is 13.2 Å². The molecule has 0 spiro atoms. The number of carbonyl (C=O) groups is 1. The van der Waals surface area contributed by atoms with E-state index in [1.165, 1.54) is 12.1 Å². The summed E-state index contributed by atoms with van der Waals surface area (Å²) in [7, 11) is -3.69. The standard InChI is InChI=1S/C15H19N5O3S/c16-24(22,23)13-3-1-12(2-4-13)9-18-15(21)11-19-7-8-20-6-5-17-14(20)10-19/h1-6H,7-11H2,(H,18,21)(H2,16,22,23). The lowest BCUT2D eigenvalue weighted by Crippen LogP contribution is -2.41. The predicted octanol–water partition coefficient (Wildman–Crippen LogP) is -0.337. The summed E-state index contributed by atoms with van der Waals surface area (Å²) < 4.78 is 24.5. The first kappa shape index (κ1) is 16.6. The van der Waals surface area contributed by atoms with Crippen molar-refractivity contribution in [1.82, 2.24) is 19.8 Å². The van der Waals surface area contributed by atoms with Gasteiger partial charge in [-0.25, -0.2) is 18.5 Å². The lowest BCUT2D eigenvalue weighted by molar-refractivity contribution is -0.122. The molecule has 0 bridgehead atoms. The van der Waals surface area contributed by atoms with Crippen LogP contribution >= 0.6 is 0 Å². The van der Waals surface area contributed by atoms with Crippen LogP contribution < -0.4 is 10.5 Å². The Morgan fingerprint density at radius 1 is 1.25 bits per heavy atom. The van der Waals surface area contributed by atoms with Gasteiger partial charge >= 0.3 is 0 Å². The topological polar surface area (TPSA) is 110 Å². The van der Waals surface area contributed by atoms with E-state index in [2.05, 4.69) is 14.9 Å². The van der Waals surface area contributed by atoms with Gasteiger partial charge in [0.15, 0.2) is 0 Å². The summed E-state index contributed by atoms with van der Waals surface area (Å²) in [6, 6.07) is 6.14. The van der Waals surface area contributed by atoms with Gasteiger partial charge in [-0.15, -0.1) is 0 Å². The van der Waals surface area contributed by atoms with Gasteiger partial charge in [-0.2, -0.15) is 0 Å². The number of amides is 1. The van der Waals surface area contributed by atoms with E-state index in [1.54, 1.807) is 18.3 Å². The molecule has 9 heteroatoms. The van der Waals surface area contributed by atoms with Crippen molar-refractivity contribution in [3.8, 4) is 0 Å². The molecule has 1 aliphatic heterocycles. The number of carbonyl (C=O) groups excluding carboxylic acids is 1. The second-order valence-corrected chi connectivity index (χ2v) is 7.27. The Bertz CT molecular complexity index is 829. The van der Waals surface area contributed by atoms with E-state index in [1.807, 2.05) is 11.1 Å². The zero-order valence-corrected chi connectivity index (χ0v) is 13.9. The third-order valence-corrected chi connectivity index (χ3v) is 4.86. The monoisotopic (exact) mass is 349 g/mol. The van der Waals surface area contributed by atoms with Crippen molar-refractivity contribution in [2.75, 3.05) is 13.1 Å². The van der Waals surface area contributed by atoms with Crippen LogP contribution in [0.2, 0.25) is 0 Å². The molecule has 0 radical (unpaired) electrons. The molecule has 0 aliphatic carbocycles. The lowest BCUT2D eigenvalue weighted by atomic mass is 10.2. The van der Waals surface area contributed by atoms with Gasteiger partial charge in [-0.1, -0.05) is 12.1 Å². The van der Waals surface area contributed by atoms with Crippen LogP contribution in [0.1, 0.15) is 11.4 Å². The van der Waals surface area contributed by atoms with Crippen molar-refractivity contribution in [3.05, 3.63) is 48.0 Å². The molecule has 3 N–H and O–H groups in total. The highest BCUT2D eigenvalue weighted by Gasteiger charge is 2.18. The fourth-order valence-corrected chi connectivity index (χ4v) is 3.13. The number of hydrogen-bond donors (Lipinski definition) is 2. The first-order valence-electron chi connectivity index (χ1n) is 7.52. The molecule has 0 saturated carbocycles. The number of sulfonamides is 1. The van der Waals surface area contributed by atoms with Gasteiger partial charge in [-0.05, 0) is 17.7 Å². The maximum Gasteiger partial charge on any atom is 0.238 e. The van der Waals surface area contributed by atoms with E-state index in [-0.39, 0.29) is 10.8 Å². The Morgan fingerprint density at radius 3 is 2.71 bits per heavy atom. The van der Waals surface area contributed by atoms with E-state index in [0.29, 0.717) is 19.6 Å². The minimum absolute atomic E-state index is 0.0568. The number of nitrogens with zero attached hydrogens (tertiary/aromatic N) is 3. The van der Waals surface area contributed by atoms with Crippen molar-refractivity contribution in [3.63, 3.8) is 0 Å². The zero-order chi connectivity index (χ0) is 17.2. The van der Waals surface area contributed by atoms with Crippen molar-refractivity contribution >= 4 is 15.9 Å². The maximum absolute atomic E-state index is 12.1. The number of hydrogen-bond acceptors (Lipinski definition) is 5. The number of benzene rings is 1. The normalized spacial score (nSPS) is 15.0. The van der Waals surface area contributed by atoms with Gasteiger partial charge in [-0.3, -0.25) is 9.69 Å². The molecule has 24 heavy (non-hydrogen) atoms. The minimum Gasteiger partial charge on any atom is -0.351 e. The largest absolute Gasteiger partial charge is 0.351 e. The summed E-state index contributed by atoms with van der Waals surface area (Å²) in [5.74, 6) is 0.887. The molecule has 8 nitrogen and oxygen atoms in total. The molecule has 2 aromatic rings. The summed E-state index contributed by atoms with van der Waals surface area (Å²) >= 11 is 0. The first-order valence-corrected chi connectivity index (χ1v) is 9.07. The highest BCUT2D eigenvalue weighted by molar-refractivity contribution is 7.89. The van der Waals surface area contributed by atoms with Gasteiger partial charge in [0.05, 0.1) is 18.0 Å². The Labute approximate surface area is 140 Å². The molecule has 1 aliphatic rings. The fraction of sp³-hybridized carbons (Fsp3) is 0.333. The molecule has 0 saturated heterocycles. The van der Waals surface area contributed by atoms with Crippen LogP contribution in [0, 0.1) is 0 Å². The van der Waals surface area contributed by atoms with Crippen LogP contribution in [0.25, 0.3) is 0 Å². The van der Waals surface area contributed by atoms with Crippen LogP contribution in [0.3, 0.4) is 0 Å². The quantitative estimate of drug-likeness (QED) is 0.767. The second kappa shape index (κ2) is 6.71. The molecule has 2 heterocycles. The van der Waals surface area contributed by atoms with Gasteiger partial charge in [0.2, 0.25) is 15.9 Å². The van der Waals surface area contributed by atoms with Gasteiger partial charge < -0.3 is 9.88 Å². The number of primary sulfonamides is 1. The maximum atomic E-state index is 12.1. The Balaban J connectivity index is 1.49. The Kier molecular flexibility index (Phi) is 4.65. The Hall–Kier alpha value is -2.23. The van der Waals surface area contributed by atoms with E-state index >= 15 is 0 Å². The Morgan fingerprint density at radius 2 is 2.00 bits per heavy atom. The van der Waals surface area contributed by atoms with Crippen molar-refractivity contribution in [2.45, 2.75) is 24.5 Å². The predicted molar refractivity (Wildman–Crippen MR) is 87.2 cm³/mol. The van der Waals surface area contributed by atoms with Gasteiger partial charge in [0, 0.05) is 32.0 Å². The SMILES string of the molecule is NS(=O)(=O)c1ccc(CNC(=O)CN2CCn3ccnc3C2)cc1. The summed E-state index contributed by atoms with van der Waals surface area (Å²) in [6.45, 7) is 2.94. The lowest BCUT2D eigenvalue weighted by Gasteiger charge is -2.26. The molecule has 3 rings (SSSR count). The number of fused-ring (bicyclic) bond motifs is 1. The third-order valence-electron chi connectivity index (χ3n) is 3.93. The van der Waals surface area contributed by atoms with E-state index in [4.69, 9.17) is 5.14 Å². The molecular weight excluding hydrogens is 330 g/mol. The highest BCUT2D eigenvalue weighted by atomic mass is 32.2. The molecule has 0 fully saturated rings. The number of nitrogens with one attached hydrogen (secondary N) is 1. The van der Waals surface area contributed by atoms with Crippen LogP contribution in [-0.2, 0) is 34.5 Å². The summed E-state index contributed by atoms with van der Waals surface area (Å²) in [4.78, 5) is 18.4. The molecule has 128 valence electrons. The average molecular weight is 349 g/mol.